The number of aromatic nitrogens is 2. The molecule has 0 radical (unpaired) electrons. The number of nitrogens with one attached hydrogen (secondary N) is 2. The molecular weight excluding hydrogens is 411 g/mol. The van der Waals surface area contributed by atoms with Gasteiger partial charge in [-0.2, -0.15) is 0 Å². The van der Waals surface area contributed by atoms with Gasteiger partial charge in [0.25, 0.3) is 0 Å². The van der Waals surface area contributed by atoms with Crippen molar-refractivity contribution in [2.75, 3.05) is 18.4 Å². The molecule has 2 N–H and O–H groups in total. The number of hydrogen-bond acceptors (Lipinski definition) is 5. The van der Waals surface area contributed by atoms with Gasteiger partial charge in [0.1, 0.15) is 5.82 Å². The summed E-state index contributed by atoms with van der Waals surface area (Å²) in [6, 6.07) is 14.7. The van der Waals surface area contributed by atoms with E-state index in [0.717, 1.165) is 41.3 Å². The van der Waals surface area contributed by atoms with Gasteiger partial charge in [0.15, 0.2) is 5.13 Å². The van der Waals surface area contributed by atoms with E-state index < -0.39 is 0 Å². The Morgan fingerprint density at radius 1 is 1.04 bits per heavy atom. The molecule has 0 saturated carbocycles. The Morgan fingerprint density at radius 3 is 2.75 bits per heavy atom. The van der Waals surface area contributed by atoms with Crippen molar-refractivity contribution < 1.29 is 0 Å². The Balaban J connectivity index is 0.00000140. The van der Waals surface area contributed by atoms with E-state index in [-0.39, 0.29) is 24.8 Å². The van der Waals surface area contributed by atoms with E-state index in [4.69, 9.17) is 0 Å². The largest absolute Gasteiger partial charge is 0.317 e. The van der Waals surface area contributed by atoms with Crippen molar-refractivity contribution in [1.29, 1.82) is 0 Å². The zero-order chi connectivity index (χ0) is 17.6. The lowest BCUT2D eigenvalue weighted by molar-refractivity contribution is 0.470. The number of nitrogens with zero attached hydrogens (tertiary/aromatic N) is 2. The summed E-state index contributed by atoms with van der Waals surface area (Å²) in [4.78, 5) is 10.1. The first kappa shape index (κ1) is 22.6. The number of benzene rings is 1. The molecule has 7 heteroatoms. The average molecular weight is 437 g/mol. The molecule has 0 bridgehead atoms. The Hall–Kier alpha value is -1.66. The zero-order valence-corrected chi connectivity index (χ0v) is 18.1. The van der Waals surface area contributed by atoms with Gasteiger partial charge in [0.2, 0.25) is 0 Å². The second-order valence-electron chi connectivity index (χ2n) is 6.82. The normalized spacial score (nSPS) is 16.4. The summed E-state index contributed by atoms with van der Waals surface area (Å²) >= 11 is 1.65. The molecule has 0 amide bonds. The van der Waals surface area contributed by atoms with Crippen molar-refractivity contribution in [2.24, 2.45) is 5.92 Å². The van der Waals surface area contributed by atoms with Crippen molar-refractivity contribution >= 4 is 47.1 Å². The molecule has 0 aliphatic carbocycles. The predicted octanol–water partition coefficient (Wildman–Crippen LogP) is 5.72. The summed E-state index contributed by atoms with van der Waals surface area (Å²) in [5, 5.41) is 7.74. The Bertz CT molecular complexity index is 833. The quantitative estimate of drug-likeness (QED) is 0.536. The number of rotatable bonds is 5. The lowest BCUT2D eigenvalue weighted by Crippen LogP contribution is -2.14. The standard InChI is InChI=1S/C21H24N4S.2ClH/c1-2-6-18(7-3-1)19-15-24-21(26-19)25-20-14-17(9-12-23-20)13-16-5-4-10-22-11-8-16;;/h1-3,6-7,9,12,14-16,22H,4-5,8,10-11,13H2,(H,23,24,25);2*1H. The molecule has 0 spiro atoms. The molecule has 3 aromatic rings. The van der Waals surface area contributed by atoms with Crippen LogP contribution in [-0.2, 0) is 6.42 Å². The van der Waals surface area contributed by atoms with E-state index in [1.54, 1.807) is 11.3 Å². The second kappa shape index (κ2) is 11.4. The van der Waals surface area contributed by atoms with Crippen molar-refractivity contribution in [3.63, 3.8) is 0 Å². The molecular formula is C21H26Cl2N4S. The minimum absolute atomic E-state index is 0. The third-order valence-electron chi connectivity index (χ3n) is 4.84. The van der Waals surface area contributed by atoms with Gasteiger partial charge < -0.3 is 10.6 Å². The summed E-state index contributed by atoms with van der Waals surface area (Å²) in [6.45, 7) is 2.30. The van der Waals surface area contributed by atoms with Gasteiger partial charge in [0.05, 0.1) is 4.88 Å². The fourth-order valence-electron chi connectivity index (χ4n) is 3.48. The van der Waals surface area contributed by atoms with Crippen LogP contribution in [0.3, 0.4) is 0 Å². The van der Waals surface area contributed by atoms with Gasteiger partial charge >= 0.3 is 0 Å². The van der Waals surface area contributed by atoms with Gasteiger partial charge in [-0.05, 0) is 68.0 Å². The number of hydrogen-bond donors (Lipinski definition) is 2. The van der Waals surface area contributed by atoms with Crippen LogP contribution in [0.15, 0.2) is 54.9 Å². The molecule has 1 fully saturated rings. The van der Waals surface area contributed by atoms with Crippen molar-refractivity contribution in [2.45, 2.75) is 25.7 Å². The minimum atomic E-state index is 0. The van der Waals surface area contributed by atoms with Crippen LogP contribution in [0.4, 0.5) is 10.9 Å². The van der Waals surface area contributed by atoms with Gasteiger partial charge in [-0.25, -0.2) is 9.97 Å². The van der Waals surface area contributed by atoms with Crippen LogP contribution in [0.25, 0.3) is 10.4 Å². The molecule has 4 nitrogen and oxygen atoms in total. The molecule has 3 heterocycles. The van der Waals surface area contributed by atoms with Crippen LogP contribution in [0.2, 0.25) is 0 Å². The second-order valence-corrected chi connectivity index (χ2v) is 7.85. The van der Waals surface area contributed by atoms with Crippen LogP contribution < -0.4 is 10.6 Å². The molecule has 1 saturated heterocycles. The summed E-state index contributed by atoms with van der Waals surface area (Å²) in [6.07, 6.45) is 8.81. The molecule has 1 aliphatic rings. The molecule has 1 aliphatic heterocycles. The predicted molar refractivity (Wildman–Crippen MR) is 123 cm³/mol. The maximum absolute atomic E-state index is 4.50. The minimum Gasteiger partial charge on any atom is -0.317 e. The zero-order valence-electron chi connectivity index (χ0n) is 15.6. The number of pyridine rings is 1. The molecule has 4 rings (SSSR count). The lowest BCUT2D eigenvalue weighted by Gasteiger charge is -2.14. The highest BCUT2D eigenvalue weighted by atomic mass is 35.5. The van der Waals surface area contributed by atoms with Gasteiger partial charge in [-0.1, -0.05) is 41.7 Å². The monoisotopic (exact) mass is 436 g/mol. The molecule has 2 aromatic heterocycles. The molecule has 1 unspecified atom stereocenters. The summed E-state index contributed by atoms with van der Waals surface area (Å²) in [7, 11) is 0. The Morgan fingerprint density at radius 2 is 1.89 bits per heavy atom. The molecule has 1 aromatic carbocycles. The Labute approximate surface area is 183 Å². The van der Waals surface area contributed by atoms with E-state index in [1.165, 1.54) is 30.4 Å². The highest BCUT2D eigenvalue weighted by molar-refractivity contribution is 7.18. The van der Waals surface area contributed by atoms with Crippen LogP contribution in [0, 0.1) is 5.92 Å². The SMILES string of the molecule is Cl.Cl.c1ccc(-c2cnc(Nc3cc(CC4CCCNCC4)ccn3)s2)cc1. The lowest BCUT2D eigenvalue weighted by atomic mass is 9.93. The van der Waals surface area contributed by atoms with E-state index >= 15 is 0 Å². The van der Waals surface area contributed by atoms with Crippen LogP contribution >= 0.6 is 36.2 Å². The van der Waals surface area contributed by atoms with Crippen LogP contribution in [0.1, 0.15) is 24.8 Å². The maximum Gasteiger partial charge on any atom is 0.188 e. The van der Waals surface area contributed by atoms with Crippen LogP contribution in [0.5, 0.6) is 0 Å². The average Bonchev–Trinajstić information content (AvgIpc) is 2.98. The number of anilines is 2. The number of thiazole rings is 1. The fourth-order valence-corrected chi connectivity index (χ4v) is 4.30. The summed E-state index contributed by atoms with van der Waals surface area (Å²) in [5.41, 5.74) is 2.55. The highest BCUT2D eigenvalue weighted by Gasteiger charge is 2.13. The van der Waals surface area contributed by atoms with Crippen LogP contribution in [-0.4, -0.2) is 23.1 Å². The first-order valence-corrected chi connectivity index (χ1v) is 10.1. The van der Waals surface area contributed by atoms with E-state index in [2.05, 4.69) is 57.0 Å². The van der Waals surface area contributed by atoms with Crippen molar-refractivity contribution in [1.82, 2.24) is 15.3 Å². The highest BCUT2D eigenvalue weighted by Crippen LogP contribution is 2.30. The molecule has 1 atom stereocenters. The van der Waals surface area contributed by atoms with Crippen molar-refractivity contribution in [3.8, 4) is 10.4 Å². The maximum atomic E-state index is 4.50. The Kier molecular flexibility index (Phi) is 9.19. The first-order chi connectivity index (χ1) is 12.9. The fraction of sp³-hybridized carbons (Fsp3) is 0.333. The van der Waals surface area contributed by atoms with E-state index in [0.29, 0.717) is 0 Å². The van der Waals surface area contributed by atoms with Gasteiger partial charge in [-0.15, -0.1) is 24.8 Å². The van der Waals surface area contributed by atoms with Gasteiger partial charge in [-0.3, -0.25) is 0 Å². The third-order valence-corrected chi connectivity index (χ3v) is 5.80. The summed E-state index contributed by atoms with van der Waals surface area (Å²) in [5.74, 6) is 1.65. The van der Waals surface area contributed by atoms with E-state index in [9.17, 15) is 0 Å². The van der Waals surface area contributed by atoms with Gasteiger partial charge in [0, 0.05) is 12.4 Å². The topological polar surface area (TPSA) is 49.8 Å². The first-order valence-electron chi connectivity index (χ1n) is 9.31. The smallest absolute Gasteiger partial charge is 0.188 e. The van der Waals surface area contributed by atoms with Crippen molar-refractivity contribution in [3.05, 3.63) is 60.4 Å². The molecule has 150 valence electrons. The third kappa shape index (κ3) is 6.17. The number of halogens is 2. The summed E-state index contributed by atoms with van der Waals surface area (Å²) < 4.78 is 0. The van der Waals surface area contributed by atoms with E-state index in [1.807, 2.05) is 18.5 Å². The molecule has 28 heavy (non-hydrogen) atoms.